The highest BCUT2D eigenvalue weighted by atomic mass is 19.4. The molecule has 39 heavy (non-hydrogen) atoms. The molecule has 0 saturated carbocycles. The van der Waals surface area contributed by atoms with Crippen molar-refractivity contribution in [3.63, 3.8) is 0 Å². The predicted molar refractivity (Wildman–Crippen MR) is 132 cm³/mol. The number of phenols is 1. The van der Waals surface area contributed by atoms with E-state index in [4.69, 9.17) is 0 Å². The zero-order chi connectivity index (χ0) is 28.1. The van der Waals surface area contributed by atoms with E-state index in [1.165, 1.54) is 36.4 Å². The first-order chi connectivity index (χ1) is 18.4. The highest BCUT2D eigenvalue weighted by Gasteiger charge is 2.68. The molecule has 4 atom stereocenters. The van der Waals surface area contributed by atoms with Crippen LogP contribution in [-0.4, -0.2) is 39.9 Å². The number of nitrogens with zero attached hydrogens (tertiary/aromatic N) is 1. The van der Waals surface area contributed by atoms with E-state index in [0.717, 1.165) is 17.0 Å². The van der Waals surface area contributed by atoms with Crippen LogP contribution in [-0.2, 0) is 20.8 Å². The third-order valence-electron chi connectivity index (χ3n) is 7.26. The Balaban J connectivity index is 1.65. The molecule has 3 aromatic rings. The number of hydrogen-bond donors (Lipinski definition) is 3. The Kier molecular flexibility index (Phi) is 6.34. The Morgan fingerprint density at radius 2 is 1.72 bits per heavy atom. The predicted octanol–water partition coefficient (Wildman–Crippen LogP) is 4.12. The number of para-hydroxylation sites is 1. The van der Waals surface area contributed by atoms with Crippen LogP contribution in [0.3, 0.4) is 0 Å². The molecular weight excluding hydrogens is 517 g/mol. The number of benzene rings is 3. The molecule has 0 aromatic heterocycles. The van der Waals surface area contributed by atoms with E-state index < -0.39 is 53.3 Å². The van der Waals surface area contributed by atoms with Gasteiger partial charge in [-0.15, -0.1) is 13.2 Å². The summed E-state index contributed by atoms with van der Waals surface area (Å²) >= 11 is 0. The van der Waals surface area contributed by atoms with Crippen LogP contribution in [0, 0.1) is 18.8 Å². The number of hydrogen-bond acceptors (Lipinski definition) is 6. The molecule has 5 rings (SSSR count). The number of carboxylic acid groups (broad SMARTS) is 1. The fourth-order valence-electron chi connectivity index (χ4n) is 5.62. The van der Waals surface area contributed by atoms with Crippen LogP contribution < -0.4 is 15.0 Å². The molecule has 2 aliphatic rings. The van der Waals surface area contributed by atoms with E-state index in [9.17, 15) is 37.8 Å². The molecule has 0 bridgehead atoms. The standard InChI is InChI=1S/C28H23F3N2O6/c1-15-5-2-3-8-20(15)33-24(35)21-22(25(33)36)27(26(37)38,14-16-9-11-18(34)12-10-16)32-23(21)17-6-4-7-19(13-17)39-28(29,30)31/h2-13,21-23,32,34H,14H2,1H3,(H,37,38). The Labute approximate surface area is 220 Å². The van der Waals surface area contributed by atoms with Crippen LogP contribution in [0.2, 0.25) is 0 Å². The Morgan fingerprint density at radius 3 is 2.36 bits per heavy atom. The van der Waals surface area contributed by atoms with Crippen molar-refractivity contribution in [3.8, 4) is 11.5 Å². The molecule has 2 aliphatic heterocycles. The molecule has 2 heterocycles. The average molecular weight is 540 g/mol. The highest BCUT2D eigenvalue weighted by molar-refractivity contribution is 6.24. The number of imide groups is 1. The monoisotopic (exact) mass is 540 g/mol. The van der Waals surface area contributed by atoms with Crippen LogP contribution in [0.1, 0.15) is 22.7 Å². The van der Waals surface area contributed by atoms with Crippen molar-refractivity contribution in [3.05, 3.63) is 89.5 Å². The highest BCUT2D eigenvalue weighted by Crippen LogP contribution is 2.51. The second-order valence-electron chi connectivity index (χ2n) is 9.66. The summed E-state index contributed by atoms with van der Waals surface area (Å²) in [6, 6.07) is 16.2. The number of aromatic hydroxyl groups is 1. The molecular formula is C28H23F3N2O6. The number of halogens is 3. The average Bonchev–Trinajstić information content (AvgIpc) is 3.34. The SMILES string of the molecule is Cc1ccccc1N1C(=O)C2C(c3cccc(OC(F)(F)F)c3)NC(Cc3ccc(O)cc3)(C(=O)O)C2C1=O. The van der Waals surface area contributed by atoms with Crippen LogP contribution in [0.15, 0.2) is 72.8 Å². The van der Waals surface area contributed by atoms with Gasteiger partial charge in [-0.3, -0.25) is 19.7 Å². The molecule has 4 unspecified atom stereocenters. The summed E-state index contributed by atoms with van der Waals surface area (Å²) in [5, 5.41) is 23.2. The number of anilines is 1. The fraction of sp³-hybridized carbons (Fsp3) is 0.250. The summed E-state index contributed by atoms with van der Waals surface area (Å²) in [5.74, 6) is -5.98. The second-order valence-corrected chi connectivity index (χ2v) is 9.66. The van der Waals surface area contributed by atoms with Crippen molar-refractivity contribution in [1.29, 1.82) is 0 Å². The van der Waals surface area contributed by atoms with Gasteiger partial charge in [-0.2, -0.15) is 0 Å². The Morgan fingerprint density at radius 1 is 1.03 bits per heavy atom. The van der Waals surface area contributed by atoms with Gasteiger partial charge < -0.3 is 14.9 Å². The van der Waals surface area contributed by atoms with E-state index in [1.807, 2.05) is 0 Å². The zero-order valence-electron chi connectivity index (χ0n) is 20.5. The van der Waals surface area contributed by atoms with E-state index >= 15 is 0 Å². The van der Waals surface area contributed by atoms with Gasteiger partial charge in [-0.05, 0) is 53.9 Å². The maximum Gasteiger partial charge on any atom is 0.573 e. The number of fused-ring (bicyclic) bond motifs is 1. The first-order valence-electron chi connectivity index (χ1n) is 12.0. The van der Waals surface area contributed by atoms with E-state index in [0.29, 0.717) is 16.8 Å². The number of ether oxygens (including phenoxy) is 1. The van der Waals surface area contributed by atoms with Crippen LogP contribution in [0.5, 0.6) is 11.5 Å². The molecule has 8 nitrogen and oxygen atoms in total. The molecule has 0 aliphatic carbocycles. The summed E-state index contributed by atoms with van der Waals surface area (Å²) in [6.45, 7) is 1.71. The minimum atomic E-state index is -4.96. The van der Waals surface area contributed by atoms with Crippen LogP contribution in [0.4, 0.5) is 18.9 Å². The van der Waals surface area contributed by atoms with E-state index in [1.54, 1.807) is 31.2 Å². The maximum absolute atomic E-state index is 13.9. The summed E-state index contributed by atoms with van der Waals surface area (Å²) in [5.41, 5.74) is -0.446. The lowest BCUT2D eigenvalue weighted by atomic mass is 9.76. The molecule has 3 aromatic carbocycles. The smallest absolute Gasteiger partial charge is 0.508 e. The van der Waals surface area contributed by atoms with Gasteiger partial charge in [0, 0.05) is 12.5 Å². The first-order valence-corrected chi connectivity index (χ1v) is 12.0. The van der Waals surface area contributed by atoms with Gasteiger partial charge >= 0.3 is 12.3 Å². The number of rotatable bonds is 6. The molecule has 3 N–H and O–H groups in total. The zero-order valence-corrected chi connectivity index (χ0v) is 20.5. The molecule has 2 fully saturated rings. The largest absolute Gasteiger partial charge is 0.573 e. The van der Waals surface area contributed by atoms with Crippen molar-refractivity contribution in [1.82, 2.24) is 5.32 Å². The number of carbonyl (C=O) groups is 3. The van der Waals surface area contributed by atoms with Crippen LogP contribution in [0.25, 0.3) is 0 Å². The molecule has 2 saturated heterocycles. The number of nitrogens with one attached hydrogen (secondary N) is 1. The quantitative estimate of drug-likeness (QED) is 0.403. The number of carboxylic acids is 1. The number of aliphatic carboxylic acids is 1. The van der Waals surface area contributed by atoms with Gasteiger partial charge in [0.15, 0.2) is 0 Å². The first kappa shape index (κ1) is 26.2. The van der Waals surface area contributed by atoms with Gasteiger partial charge in [-0.1, -0.05) is 42.5 Å². The van der Waals surface area contributed by atoms with Crippen molar-refractivity contribution in [2.75, 3.05) is 4.90 Å². The molecule has 0 radical (unpaired) electrons. The normalized spacial score (nSPS) is 24.6. The van der Waals surface area contributed by atoms with Gasteiger partial charge in [0.05, 0.1) is 17.5 Å². The lowest BCUT2D eigenvalue weighted by Gasteiger charge is -2.31. The molecule has 202 valence electrons. The number of carbonyl (C=O) groups excluding carboxylic acids is 2. The molecule has 11 heteroatoms. The maximum atomic E-state index is 13.9. The third-order valence-corrected chi connectivity index (χ3v) is 7.26. The third kappa shape index (κ3) is 4.59. The lowest BCUT2D eigenvalue weighted by Crippen LogP contribution is -2.57. The van der Waals surface area contributed by atoms with Crippen molar-refractivity contribution >= 4 is 23.5 Å². The topological polar surface area (TPSA) is 116 Å². The fourth-order valence-corrected chi connectivity index (χ4v) is 5.62. The van der Waals surface area contributed by atoms with Gasteiger partial charge in [-0.25, -0.2) is 4.90 Å². The second kappa shape index (κ2) is 9.42. The number of alkyl halides is 3. The minimum Gasteiger partial charge on any atom is -0.508 e. The van der Waals surface area contributed by atoms with Gasteiger partial charge in [0.1, 0.15) is 17.0 Å². The van der Waals surface area contributed by atoms with Crippen molar-refractivity contribution < 1.29 is 42.5 Å². The summed E-state index contributed by atoms with van der Waals surface area (Å²) in [6.07, 6.45) is -5.20. The van der Waals surface area contributed by atoms with Crippen LogP contribution >= 0.6 is 0 Å². The van der Waals surface area contributed by atoms with E-state index in [2.05, 4.69) is 10.1 Å². The van der Waals surface area contributed by atoms with Crippen molar-refractivity contribution in [2.24, 2.45) is 11.8 Å². The molecule has 0 spiro atoms. The number of amides is 2. The summed E-state index contributed by atoms with van der Waals surface area (Å²) < 4.78 is 42.8. The molecule has 2 amide bonds. The van der Waals surface area contributed by atoms with Gasteiger partial charge in [0.2, 0.25) is 11.8 Å². The van der Waals surface area contributed by atoms with E-state index in [-0.39, 0.29) is 17.7 Å². The van der Waals surface area contributed by atoms with Crippen molar-refractivity contribution in [2.45, 2.75) is 31.3 Å². The Hall–Kier alpha value is -4.38. The Bertz CT molecular complexity index is 1460. The summed E-state index contributed by atoms with van der Waals surface area (Å²) in [7, 11) is 0. The summed E-state index contributed by atoms with van der Waals surface area (Å²) in [4.78, 5) is 41.8. The minimum absolute atomic E-state index is 0.0439. The number of phenolic OH excluding ortho intramolecular Hbond substituents is 1. The lowest BCUT2D eigenvalue weighted by molar-refractivity contribution is -0.274. The van der Waals surface area contributed by atoms with Gasteiger partial charge in [0.25, 0.3) is 0 Å². The number of aryl methyl sites for hydroxylation is 1.